The van der Waals surface area contributed by atoms with Gasteiger partial charge in [0.2, 0.25) is 5.91 Å². The Morgan fingerprint density at radius 1 is 1.37 bits per heavy atom. The maximum absolute atomic E-state index is 11.7. The molecule has 0 saturated carbocycles. The Kier molecular flexibility index (Phi) is 5.03. The van der Waals surface area contributed by atoms with E-state index in [1.807, 2.05) is 12.1 Å². The lowest BCUT2D eigenvalue weighted by atomic mass is 10.2. The highest BCUT2D eigenvalue weighted by atomic mass is 32.1. The summed E-state index contributed by atoms with van der Waals surface area (Å²) < 4.78 is 0. The van der Waals surface area contributed by atoms with Crippen molar-refractivity contribution in [2.75, 3.05) is 6.54 Å². The van der Waals surface area contributed by atoms with Crippen LogP contribution < -0.4 is 5.32 Å². The minimum Gasteiger partial charge on any atom is -0.355 e. The van der Waals surface area contributed by atoms with E-state index < -0.39 is 0 Å². The number of thiazole rings is 1. The third-order valence-electron chi connectivity index (χ3n) is 2.74. The fourth-order valence-corrected chi connectivity index (χ4v) is 2.56. The number of nitrogens with zero attached hydrogens (tertiary/aromatic N) is 2. The monoisotopic (exact) mass is 275 g/mol. The van der Waals surface area contributed by atoms with E-state index in [0.717, 1.165) is 29.1 Å². The second-order valence-corrected chi connectivity index (χ2v) is 5.16. The zero-order valence-electron chi connectivity index (χ0n) is 10.9. The van der Waals surface area contributed by atoms with Crippen molar-refractivity contribution in [2.45, 2.75) is 26.2 Å². The molecule has 2 aromatic rings. The number of hydrogen-bond acceptors (Lipinski definition) is 4. The molecule has 0 atom stereocenters. The number of aryl methyl sites for hydroxylation is 1. The summed E-state index contributed by atoms with van der Waals surface area (Å²) in [5.74, 6) is 0.0403. The van der Waals surface area contributed by atoms with Crippen LogP contribution in [0.1, 0.15) is 23.2 Å². The second kappa shape index (κ2) is 6.99. The van der Waals surface area contributed by atoms with Crippen molar-refractivity contribution >= 4 is 17.2 Å². The highest BCUT2D eigenvalue weighted by Crippen LogP contribution is 2.10. The zero-order valence-corrected chi connectivity index (χ0v) is 11.7. The maximum atomic E-state index is 11.7. The number of hydrogen-bond donors (Lipinski definition) is 1. The molecule has 5 heteroatoms. The smallest absolute Gasteiger partial charge is 0.224 e. The van der Waals surface area contributed by atoms with Crippen molar-refractivity contribution in [1.29, 1.82) is 0 Å². The lowest BCUT2D eigenvalue weighted by molar-refractivity contribution is -0.120. The van der Waals surface area contributed by atoms with Gasteiger partial charge in [-0.15, -0.1) is 11.3 Å². The Morgan fingerprint density at radius 3 is 2.84 bits per heavy atom. The molecule has 19 heavy (non-hydrogen) atoms. The summed E-state index contributed by atoms with van der Waals surface area (Å²) in [4.78, 5) is 20.1. The van der Waals surface area contributed by atoms with Gasteiger partial charge in [-0.3, -0.25) is 9.78 Å². The molecule has 0 fully saturated rings. The predicted molar refractivity (Wildman–Crippen MR) is 76.1 cm³/mol. The van der Waals surface area contributed by atoms with Crippen molar-refractivity contribution in [3.8, 4) is 0 Å². The Morgan fingerprint density at radius 2 is 2.16 bits per heavy atom. The minimum atomic E-state index is 0.0403. The van der Waals surface area contributed by atoms with Gasteiger partial charge in [-0.05, 0) is 24.1 Å². The van der Waals surface area contributed by atoms with Crippen LogP contribution in [0.5, 0.6) is 0 Å². The molecule has 0 aromatic carbocycles. The molecular formula is C14H17N3OS. The molecule has 0 saturated heterocycles. The summed E-state index contributed by atoms with van der Waals surface area (Å²) in [6.45, 7) is 2.73. The topological polar surface area (TPSA) is 54.9 Å². The standard InChI is InChI=1S/C14H17N3OS/c1-2-12-10-19-14(17-12)5-8-16-13(18)9-11-3-6-15-7-4-11/h3-4,6-7,10H,2,5,8-9H2,1H3,(H,16,18). The molecule has 0 radical (unpaired) electrons. The molecule has 0 unspecified atom stereocenters. The second-order valence-electron chi connectivity index (χ2n) is 4.22. The SMILES string of the molecule is CCc1csc(CCNC(=O)Cc2ccncc2)n1. The van der Waals surface area contributed by atoms with E-state index in [-0.39, 0.29) is 5.91 Å². The van der Waals surface area contributed by atoms with Crippen LogP contribution in [0.3, 0.4) is 0 Å². The van der Waals surface area contributed by atoms with Gasteiger partial charge in [-0.1, -0.05) is 6.92 Å². The van der Waals surface area contributed by atoms with Crippen LogP contribution in [0.15, 0.2) is 29.9 Å². The van der Waals surface area contributed by atoms with Crippen LogP contribution in [0.25, 0.3) is 0 Å². The van der Waals surface area contributed by atoms with Gasteiger partial charge >= 0.3 is 0 Å². The van der Waals surface area contributed by atoms with E-state index in [4.69, 9.17) is 0 Å². The Balaban J connectivity index is 1.72. The average molecular weight is 275 g/mol. The number of carbonyl (C=O) groups is 1. The van der Waals surface area contributed by atoms with Gasteiger partial charge < -0.3 is 5.32 Å². The van der Waals surface area contributed by atoms with E-state index >= 15 is 0 Å². The van der Waals surface area contributed by atoms with E-state index in [2.05, 4.69) is 27.6 Å². The number of nitrogens with one attached hydrogen (secondary N) is 1. The van der Waals surface area contributed by atoms with Crippen LogP contribution in [0.4, 0.5) is 0 Å². The summed E-state index contributed by atoms with van der Waals surface area (Å²) in [6.07, 6.45) is 5.56. The van der Waals surface area contributed by atoms with Crippen LogP contribution in [0, 0.1) is 0 Å². The van der Waals surface area contributed by atoms with Gasteiger partial charge in [0.25, 0.3) is 0 Å². The molecule has 4 nitrogen and oxygen atoms in total. The Hall–Kier alpha value is -1.75. The molecule has 0 bridgehead atoms. The van der Waals surface area contributed by atoms with E-state index in [9.17, 15) is 4.79 Å². The molecule has 2 aromatic heterocycles. The predicted octanol–water partition coefficient (Wildman–Crippen LogP) is 2.00. The van der Waals surface area contributed by atoms with Gasteiger partial charge in [0.1, 0.15) is 0 Å². The van der Waals surface area contributed by atoms with Gasteiger partial charge in [0.15, 0.2) is 0 Å². The lowest BCUT2D eigenvalue weighted by Gasteiger charge is -2.03. The van der Waals surface area contributed by atoms with Crippen LogP contribution in [-0.2, 0) is 24.1 Å². The highest BCUT2D eigenvalue weighted by molar-refractivity contribution is 7.09. The Bertz CT molecular complexity index is 524. The number of pyridine rings is 1. The van der Waals surface area contributed by atoms with Gasteiger partial charge in [-0.2, -0.15) is 0 Å². The third kappa shape index (κ3) is 4.44. The molecule has 100 valence electrons. The number of carbonyl (C=O) groups excluding carboxylic acids is 1. The average Bonchev–Trinajstić information content (AvgIpc) is 2.88. The Labute approximate surface area is 116 Å². The molecule has 2 heterocycles. The fraction of sp³-hybridized carbons (Fsp3) is 0.357. The van der Waals surface area contributed by atoms with Crippen LogP contribution in [0.2, 0.25) is 0 Å². The first kappa shape index (κ1) is 13.7. The third-order valence-corrected chi connectivity index (χ3v) is 3.69. The van der Waals surface area contributed by atoms with Gasteiger partial charge in [-0.25, -0.2) is 4.98 Å². The van der Waals surface area contributed by atoms with Crippen molar-refractivity contribution in [3.05, 3.63) is 46.2 Å². The number of rotatable bonds is 6. The molecule has 1 N–H and O–H groups in total. The number of aromatic nitrogens is 2. The molecule has 0 aliphatic rings. The fourth-order valence-electron chi connectivity index (χ4n) is 1.68. The quantitative estimate of drug-likeness (QED) is 0.877. The first-order valence-electron chi connectivity index (χ1n) is 6.37. The van der Waals surface area contributed by atoms with Crippen LogP contribution >= 0.6 is 11.3 Å². The first-order valence-corrected chi connectivity index (χ1v) is 7.24. The lowest BCUT2D eigenvalue weighted by Crippen LogP contribution is -2.27. The molecular weight excluding hydrogens is 258 g/mol. The first-order chi connectivity index (χ1) is 9.28. The molecule has 1 amide bonds. The molecule has 2 rings (SSSR count). The molecule has 0 aliphatic carbocycles. The zero-order chi connectivity index (χ0) is 13.5. The van der Waals surface area contributed by atoms with Crippen molar-refractivity contribution in [1.82, 2.24) is 15.3 Å². The van der Waals surface area contributed by atoms with Gasteiger partial charge in [0.05, 0.1) is 17.1 Å². The molecule has 0 aliphatic heterocycles. The van der Waals surface area contributed by atoms with E-state index in [1.54, 1.807) is 23.7 Å². The molecule has 0 spiro atoms. The van der Waals surface area contributed by atoms with Crippen molar-refractivity contribution < 1.29 is 4.79 Å². The highest BCUT2D eigenvalue weighted by Gasteiger charge is 2.04. The summed E-state index contributed by atoms with van der Waals surface area (Å²) >= 11 is 1.66. The largest absolute Gasteiger partial charge is 0.355 e. The number of amides is 1. The van der Waals surface area contributed by atoms with Crippen LogP contribution in [-0.4, -0.2) is 22.4 Å². The summed E-state index contributed by atoms with van der Waals surface area (Å²) in [6, 6.07) is 3.71. The van der Waals surface area contributed by atoms with Crippen molar-refractivity contribution in [3.63, 3.8) is 0 Å². The minimum absolute atomic E-state index is 0.0403. The maximum Gasteiger partial charge on any atom is 0.224 e. The summed E-state index contributed by atoms with van der Waals surface area (Å²) in [7, 11) is 0. The van der Waals surface area contributed by atoms with E-state index in [0.29, 0.717) is 13.0 Å². The summed E-state index contributed by atoms with van der Waals surface area (Å²) in [5.41, 5.74) is 2.11. The van der Waals surface area contributed by atoms with E-state index in [1.165, 1.54) is 0 Å². The van der Waals surface area contributed by atoms with Gasteiger partial charge in [0, 0.05) is 30.7 Å². The summed E-state index contributed by atoms with van der Waals surface area (Å²) in [5, 5.41) is 6.08. The van der Waals surface area contributed by atoms with Crippen molar-refractivity contribution in [2.24, 2.45) is 0 Å². The normalized spacial score (nSPS) is 10.4.